The van der Waals surface area contributed by atoms with Crippen LogP contribution in [0.1, 0.15) is 69.5 Å². The first-order valence-corrected chi connectivity index (χ1v) is 29.5. The zero-order valence-electron chi connectivity index (χ0n) is 47.0. The van der Waals surface area contributed by atoms with Crippen LogP contribution in [0.2, 0.25) is 0 Å². The van der Waals surface area contributed by atoms with Crippen molar-refractivity contribution < 1.29 is 0 Å². The molecular formula is C83H59N. The molecule has 13 aromatic rings. The van der Waals surface area contributed by atoms with Crippen molar-refractivity contribution in [3.8, 4) is 66.8 Å². The first kappa shape index (κ1) is 49.5. The molecule has 3 aliphatic carbocycles. The van der Waals surface area contributed by atoms with Gasteiger partial charge in [-0.3, -0.25) is 0 Å². The number of anilines is 3. The molecule has 0 saturated heterocycles. The van der Waals surface area contributed by atoms with Crippen molar-refractivity contribution in [3.05, 3.63) is 377 Å². The van der Waals surface area contributed by atoms with Gasteiger partial charge >= 0.3 is 0 Å². The van der Waals surface area contributed by atoms with E-state index in [0.29, 0.717) is 0 Å². The predicted molar refractivity (Wildman–Crippen MR) is 350 cm³/mol. The highest BCUT2D eigenvalue weighted by Gasteiger charge is 2.49. The standard InChI is InChI=1S/C83H59N/c1-81(2)74-38-22-21-36-69(74)70-50-46-66(54-76(70)81)84(65-44-40-57(41-45-65)56-24-9-3-10-25-56)67-47-51-72-71-48-42-59(52-77(71)83(79(72)55-67,63-32-17-7-18-33-63)64-34-19-8-20-35-64)60-43-49-73-78(53-60)82(61-28-13-5-14-29-61,62-30-15-6-16-31-62)75-39-23-37-68(80(73)75)58-26-11-4-12-27-58/h3-55H,1-2H3. The summed E-state index contributed by atoms with van der Waals surface area (Å²) >= 11 is 0. The van der Waals surface area contributed by atoms with E-state index in [4.69, 9.17) is 0 Å². The Morgan fingerprint density at radius 2 is 0.560 bits per heavy atom. The fraction of sp³-hybridized carbons (Fsp3) is 0.0602. The number of benzene rings is 13. The zero-order valence-corrected chi connectivity index (χ0v) is 47.0. The van der Waals surface area contributed by atoms with E-state index in [9.17, 15) is 0 Å². The summed E-state index contributed by atoms with van der Waals surface area (Å²) in [5.41, 5.74) is 29.6. The summed E-state index contributed by atoms with van der Waals surface area (Å²) in [6.45, 7) is 4.75. The fourth-order valence-electron chi connectivity index (χ4n) is 15.1. The molecule has 0 radical (unpaired) electrons. The SMILES string of the molecule is CC1(C)c2ccccc2-c2ccc(N(c3ccc(-c4ccccc4)cc3)c3ccc4c(c3)C(c3ccccc3)(c3ccccc3)c3cc(-c5ccc6c(c5)C(c5ccccc5)(c5ccccc5)c5cccc(-c7ccccc7)c5-6)ccc3-4)cc21. The van der Waals surface area contributed by atoms with Crippen LogP contribution in [-0.2, 0) is 16.2 Å². The zero-order chi connectivity index (χ0) is 56.0. The molecule has 0 amide bonds. The average Bonchev–Trinajstić information content (AvgIpc) is 1.62. The third kappa shape index (κ3) is 7.35. The van der Waals surface area contributed by atoms with E-state index in [-0.39, 0.29) is 5.41 Å². The van der Waals surface area contributed by atoms with Gasteiger partial charge in [0.1, 0.15) is 0 Å². The van der Waals surface area contributed by atoms with Gasteiger partial charge in [0.15, 0.2) is 0 Å². The lowest BCUT2D eigenvalue weighted by atomic mass is 9.67. The molecule has 0 fully saturated rings. The van der Waals surface area contributed by atoms with Crippen LogP contribution in [0.5, 0.6) is 0 Å². The van der Waals surface area contributed by atoms with E-state index in [1.807, 2.05) is 0 Å². The minimum atomic E-state index is -0.682. The fourth-order valence-corrected chi connectivity index (χ4v) is 15.1. The average molecular weight is 1070 g/mol. The number of rotatable bonds is 10. The number of nitrogens with zero attached hydrogens (tertiary/aromatic N) is 1. The summed E-state index contributed by atoms with van der Waals surface area (Å²) in [6.07, 6.45) is 0. The molecule has 3 aliphatic rings. The maximum absolute atomic E-state index is 2.53. The molecule has 396 valence electrons. The Morgan fingerprint density at radius 3 is 1.11 bits per heavy atom. The normalized spacial score (nSPS) is 14.1. The first-order valence-electron chi connectivity index (χ1n) is 29.5. The quantitative estimate of drug-likeness (QED) is 0.132. The smallest absolute Gasteiger partial charge is 0.0714 e. The molecule has 0 spiro atoms. The van der Waals surface area contributed by atoms with Crippen LogP contribution in [0, 0.1) is 0 Å². The van der Waals surface area contributed by atoms with Gasteiger partial charge in [-0.2, -0.15) is 0 Å². The van der Waals surface area contributed by atoms with Crippen molar-refractivity contribution in [3.63, 3.8) is 0 Å². The monoisotopic (exact) mass is 1070 g/mol. The van der Waals surface area contributed by atoms with Gasteiger partial charge in [-0.25, -0.2) is 0 Å². The third-order valence-corrected chi connectivity index (χ3v) is 18.8. The Bertz CT molecular complexity index is 4560. The van der Waals surface area contributed by atoms with E-state index in [1.165, 1.54) is 122 Å². The second kappa shape index (κ2) is 19.4. The second-order valence-corrected chi connectivity index (χ2v) is 23.5. The molecule has 84 heavy (non-hydrogen) atoms. The highest BCUT2D eigenvalue weighted by atomic mass is 15.1. The van der Waals surface area contributed by atoms with Gasteiger partial charge in [0.25, 0.3) is 0 Å². The summed E-state index contributed by atoms with van der Waals surface area (Å²) in [5, 5.41) is 0. The first-order chi connectivity index (χ1) is 41.4. The lowest BCUT2D eigenvalue weighted by molar-refractivity contribution is 0.660. The van der Waals surface area contributed by atoms with E-state index in [1.54, 1.807) is 0 Å². The lowest BCUT2D eigenvalue weighted by Crippen LogP contribution is -2.29. The van der Waals surface area contributed by atoms with Crippen LogP contribution in [0.4, 0.5) is 17.1 Å². The molecule has 1 heteroatoms. The van der Waals surface area contributed by atoms with Crippen molar-refractivity contribution in [1.29, 1.82) is 0 Å². The lowest BCUT2D eigenvalue weighted by Gasteiger charge is -2.35. The van der Waals surface area contributed by atoms with Gasteiger partial charge in [-0.1, -0.05) is 287 Å². The summed E-state index contributed by atoms with van der Waals surface area (Å²) in [6, 6.07) is 121. The van der Waals surface area contributed by atoms with Gasteiger partial charge < -0.3 is 4.90 Å². The highest BCUT2D eigenvalue weighted by Crippen LogP contribution is 2.61. The Kier molecular flexibility index (Phi) is 11.4. The Hall–Kier alpha value is -10.3. The number of hydrogen-bond donors (Lipinski definition) is 0. The third-order valence-electron chi connectivity index (χ3n) is 18.8. The topological polar surface area (TPSA) is 3.24 Å². The van der Waals surface area contributed by atoms with E-state index >= 15 is 0 Å². The number of fused-ring (bicyclic) bond motifs is 9. The molecule has 0 aliphatic heterocycles. The minimum absolute atomic E-state index is 0.170. The van der Waals surface area contributed by atoms with Gasteiger partial charge in [0.05, 0.1) is 10.8 Å². The Labute approximate surface area is 493 Å². The van der Waals surface area contributed by atoms with Crippen molar-refractivity contribution in [2.24, 2.45) is 0 Å². The summed E-state index contributed by atoms with van der Waals surface area (Å²) in [7, 11) is 0. The highest BCUT2D eigenvalue weighted by molar-refractivity contribution is 5.98. The van der Waals surface area contributed by atoms with Crippen LogP contribution < -0.4 is 4.90 Å². The van der Waals surface area contributed by atoms with Crippen molar-refractivity contribution in [1.82, 2.24) is 0 Å². The molecule has 0 heterocycles. The van der Waals surface area contributed by atoms with Crippen LogP contribution >= 0.6 is 0 Å². The maximum atomic E-state index is 2.53. The van der Waals surface area contributed by atoms with E-state index in [2.05, 4.69) is 340 Å². The molecule has 0 aromatic heterocycles. The molecule has 13 aromatic carbocycles. The van der Waals surface area contributed by atoms with Gasteiger partial charge in [0.2, 0.25) is 0 Å². The van der Waals surface area contributed by atoms with Gasteiger partial charge in [-0.15, -0.1) is 0 Å². The molecule has 0 saturated carbocycles. The number of hydrogen-bond acceptors (Lipinski definition) is 1. The Balaban J connectivity index is 0.911. The minimum Gasteiger partial charge on any atom is -0.310 e. The van der Waals surface area contributed by atoms with Gasteiger partial charge in [0, 0.05) is 22.5 Å². The molecule has 0 bridgehead atoms. The Morgan fingerprint density at radius 1 is 0.214 bits per heavy atom. The molecule has 0 N–H and O–H groups in total. The summed E-state index contributed by atoms with van der Waals surface area (Å²) in [4.78, 5) is 2.49. The van der Waals surface area contributed by atoms with Crippen LogP contribution in [0.3, 0.4) is 0 Å². The maximum Gasteiger partial charge on any atom is 0.0714 e. The predicted octanol–water partition coefficient (Wildman–Crippen LogP) is 21.2. The van der Waals surface area contributed by atoms with Crippen molar-refractivity contribution >= 4 is 17.1 Å². The largest absolute Gasteiger partial charge is 0.310 e. The molecule has 0 unspecified atom stereocenters. The van der Waals surface area contributed by atoms with Crippen LogP contribution in [-0.4, -0.2) is 0 Å². The summed E-state index contributed by atoms with van der Waals surface area (Å²) in [5.74, 6) is 0. The molecule has 0 atom stereocenters. The van der Waals surface area contributed by atoms with Crippen LogP contribution in [0.25, 0.3) is 66.8 Å². The molecule has 1 nitrogen and oxygen atoms in total. The second-order valence-electron chi connectivity index (χ2n) is 23.5. The van der Waals surface area contributed by atoms with Crippen molar-refractivity contribution in [2.45, 2.75) is 30.1 Å². The van der Waals surface area contributed by atoms with E-state index in [0.717, 1.165) is 17.1 Å². The molecule has 16 rings (SSSR count). The molecular weight excluding hydrogens is 1010 g/mol. The van der Waals surface area contributed by atoms with Crippen LogP contribution in [0.15, 0.2) is 322 Å². The van der Waals surface area contributed by atoms with Gasteiger partial charge in [-0.05, 0) is 171 Å². The summed E-state index contributed by atoms with van der Waals surface area (Å²) < 4.78 is 0. The van der Waals surface area contributed by atoms with Crippen molar-refractivity contribution in [2.75, 3.05) is 4.90 Å². The van der Waals surface area contributed by atoms with E-state index < -0.39 is 10.8 Å².